The number of primary amides is 1. The standard InChI is InChI=1S/C29H48N4O6/c1-17(2)11-12-19(4)33(26(37)21(16-23(30)35)31-27(38)39-29(8,9)10)24(25(36)32-28(5,6)7)20-13-14-22(34)18(3)15-20/h13-15,17,19,21,24,34H,11-12,16H2,1-10H3,(H2,30,35)(H,31,38)(H,32,36). The Morgan fingerprint density at radius 3 is 2.08 bits per heavy atom. The summed E-state index contributed by atoms with van der Waals surface area (Å²) < 4.78 is 5.33. The topological polar surface area (TPSA) is 151 Å². The molecular formula is C29H48N4O6. The van der Waals surface area contributed by atoms with E-state index in [1.54, 1.807) is 39.8 Å². The number of nitrogens with one attached hydrogen (secondary N) is 2. The van der Waals surface area contributed by atoms with Crippen molar-refractivity contribution in [3.05, 3.63) is 29.3 Å². The zero-order valence-corrected chi connectivity index (χ0v) is 25.2. The van der Waals surface area contributed by atoms with Gasteiger partial charge in [-0.1, -0.05) is 19.9 Å². The van der Waals surface area contributed by atoms with E-state index in [9.17, 15) is 24.3 Å². The highest BCUT2D eigenvalue weighted by Crippen LogP contribution is 2.31. The molecule has 3 atom stereocenters. The predicted octanol–water partition coefficient (Wildman–Crippen LogP) is 4.08. The van der Waals surface area contributed by atoms with Crippen LogP contribution in [0.4, 0.5) is 4.79 Å². The number of ether oxygens (including phenoxy) is 1. The number of aromatic hydroxyl groups is 1. The quantitative estimate of drug-likeness (QED) is 0.327. The molecule has 0 aliphatic heterocycles. The molecule has 0 aliphatic rings. The van der Waals surface area contributed by atoms with Crippen molar-refractivity contribution in [1.29, 1.82) is 0 Å². The summed E-state index contributed by atoms with van der Waals surface area (Å²) in [5.41, 5.74) is 5.02. The first kappa shape index (κ1) is 33.7. The Morgan fingerprint density at radius 2 is 1.62 bits per heavy atom. The number of amides is 4. The summed E-state index contributed by atoms with van der Waals surface area (Å²) in [6.07, 6.45) is -0.0240. The van der Waals surface area contributed by atoms with E-state index < -0.39 is 59.5 Å². The number of carbonyl (C=O) groups is 4. The molecule has 1 rings (SSSR count). The number of alkyl carbamates (subject to hydrolysis) is 1. The molecule has 0 bridgehead atoms. The van der Waals surface area contributed by atoms with Crippen molar-refractivity contribution in [1.82, 2.24) is 15.5 Å². The minimum absolute atomic E-state index is 0.0534. The van der Waals surface area contributed by atoms with Crippen LogP contribution in [0.3, 0.4) is 0 Å². The lowest BCUT2D eigenvalue weighted by molar-refractivity contribution is -0.146. The van der Waals surface area contributed by atoms with Crippen LogP contribution in [0, 0.1) is 12.8 Å². The number of phenols is 1. The third-order valence-corrected chi connectivity index (χ3v) is 5.85. The lowest BCUT2D eigenvalue weighted by Gasteiger charge is -2.39. The van der Waals surface area contributed by atoms with Gasteiger partial charge in [-0.3, -0.25) is 14.4 Å². The zero-order valence-electron chi connectivity index (χ0n) is 25.2. The van der Waals surface area contributed by atoms with Crippen LogP contribution < -0.4 is 16.4 Å². The van der Waals surface area contributed by atoms with Gasteiger partial charge in [0.05, 0.1) is 6.42 Å². The highest BCUT2D eigenvalue weighted by Gasteiger charge is 2.40. The van der Waals surface area contributed by atoms with Gasteiger partial charge in [0.1, 0.15) is 23.4 Å². The largest absolute Gasteiger partial charge is 0.508 e. The van der Waals surface area contributed by atoms with Gasteiger partial charge >= 0.3 is 6.09 Å². The third kappa shape index (κ3) is 11.5. The van der Waals surface area contributed by atoms with Crippen LogP contribution in [-0.4, -0.2) is 57.0 Å². The second kappa shape index (κ2) is 13.7. The maximum atomic E-state index is 14.2. The van der Waals surface area contributed by atoms with Gasteiger partial charge in [-0.05, 0) is 97.4 Å². The van der Waals surface area contributed by atoms with Crippen LogP contribution in [0.5, 0.6) is 5.75 Å². The van der Waals surface area contributed by atoms with Gasteiger partial charge in [0, 0.05) is 11.6 Å². The monoisotopic (exact) mass is 548 g/mol. The van der Waals surface area contributed by atoms with Gasteiger partial charge in [-0.2, -0.15) is 0 Å². The molecule has 3 unspecified atom stereocenters. The average molecular weight is 549 g/mol. The molecule has 1 aromatic rings. The van der Waals surface area contributed by atoms with E-state index in [1.165, 1.54) is 11.0 Å². The van der Waals surface area contributed by atoms with E-state index in [4.69, 9.17) is 10.5 Å². The number of hydrogen-bond donors (Lipinski definition) is 4. The Bertz CT molecular complexity index is 1030. The van der Waals surface area contributed by atoms with Crippen LogP contribution in [0.2, 0.25) is 0 Å². The zero-order chi connectivity index (χ0) is 30.3. The number of benzene rings is 1. The molecule has 10 heteroatoms. The Morgan fingerprint density at radius 1 is 1.03 bits per heavy atom. The lowest BCUT2D eigenvalue weighted by Crippen LogP contribution is -2.57. The molecule has 0 aliphatic carbocycles. The number of carbonyl (C=O) groups excluding carboxylic acids is 4. The normalized spacial score (nSPS) is 14.2. The summed E-state index contributed by atoms with van der Waals surface area (Å²) in [4.78, 5) is 54.1. The molecule has 0 fully saturated rings. The summed E-state index contributed by atoms with van der Waals surface area (Å²) in [5.74, 6) is -1.49. The fraction of sp³-hybridized carbons (Fsp3) is 0.655. The first-order valence-corrected chi connectivity index (χ1v) is 13.4. The molecule has 10 nitrogen and oxygen atoms in total. The van der Waals surface area contributed by atoms with Gasteiger partial charge < -0.3 is 31.1 Å². The Kier molecular flexibility index (Phi) is 11.8. The summed E-state index contributed by atoms with van der Waals surface area (Å²) >= 11 is 0. The van der Waals surface area contributed by atoms with Crippen molar-refractivity contribution in [2.75, 3.05) is 0 Å². The highest BCUT2D eigenvalue weighted by molar-refractivity contribution is 5.95. The van der Waals surface area contributed by atoms with E-state index in [0.717, 1.165) is 6.42 Å². The smallest absolute Gasteiger partial charge is 0.408 e. The van der Waals surface area contributed by atoms with Crippen LogP contribution >= 0.6 is 0 Å². The van der Waals surface area contributed by atoms with Gasteiger partial charge in [-0.25, -0.2) is 4.79 Å². The molecule has 5 N–H and O–H groups in total. The van der Waals surface area contributed by atoms with Crippen LogP contribution in [0.25, 0.3) is 0 Å². The molecule has 0 saturated heterocycles. The van der Waals surface area contributed by atoms with Gasteiger partial charge in [0.25, 0.3) is 0 Å². The predicted molar refractivity (Wildman–Crippen MR) is 151 cm³/mol. The van der Waals surface area contributed by atoms with Crippen LogP contribution in [0.15, 0.2) is 18.2 Å². The first-order valence-electron chi connectivity index (χ1n) is 13.4. The van der Waals surface area contributed by atoms with Crippen molar-refractivity contribution in [3.63, 3.8) is 0 Å². The summed E-state index contributed by atoms with van der Waals surface area (Å²) in [6, 6.07) is 1.79. The second-order valence-electron chi connectivity index (χ2n) is 12.6. The van der Waals surface area contributed by atoms with Crippen LogP contribution in [0.1, 0.15) is 98.7 Å². The van der Waals surface area contributed by atoms with Gasteiger partial charge in [0.15, 0.2) is 0 Å². The first-order chi connectivity index (χ1) is 17.7. The molecule has 0 spiro atoms. The SMILES string of the molecule is Cc1cc(C(C(=O)NC(C)(C)C)N(C(=O)C(CC(N)=O)NC(=O)OC(C)(C)C)C(C)CCC(C)C)ccc1O. The van der Waals surface area contributed by atoms with Crippen molar-refractivity contribution in [2.45, 2.75) is 118 Å². The van der Waals surface area contributed by atoms with E-state index >= 15 is 0 Å². The van der Waals surface area contributed by atoms with Gasteiger partial charge in [0.2, 0.25) is 17.7 Å². The van der Waals surface area contributed by atoms with E-state index in [1.807, 2.05) is 27.7 Å². The fourth-order valence-electron chi connectivity index (χ4n) is 4.07. The molecule has 0 radical (unpaired) electrons. The number of nitrogens with two attached hydrogens (primary N) is 1. The van der Waals surface area contributed by atoms with E-state index in [0.29, 0.717) is 23.5 Å². The number of nitrogens with zero attached hydrogens (tertiary/aromatic N) is 1. The summed E-state index contributed by atoms with van der Waals surface area (Å²) in [7, 11) is 0. The second-order valence-corrected chi connectivity index (χ2v) is 12.6. The van der Waals surface area contributed by atoms with E-state index in [-0.39, 0.29) is 5.75 Å². The summed E-state index contributed by atoms with van der Waals surface area (Å²) in [5, 5.41) is 15.6. The highest BCUT2D eigenvalue weighted by atomic mass is 16.6. The molecular weight excluding hydrogens is 500 g/mol. The average Bonchev–Trinajstić information content (AvgIpc) is 2.74. The van der Waals surface area contributed by atoms with Crippen molar-refractivity contribution in [3.8, 4) is 5.75 Å². The number of rotatable bonds is 11. The minimum atomic E-state index is -1.36. The van der Waals surface area contributed by atoms with Crippen molar-refractivity contribution in [2.24, 2.45) is 11.7 Å². The molecule has 0 aromatic heterocycles. The van der Waals surface area contributed by atoms with Gasteiger partial charge in [-0.15, -0.1) is 0 Å². The van der Waals surface area contributed by atoms with Crippen molar-refractivity contribution >= 4 is 23.8 Å². The van der Waals surface area contributed by atoms with Crippen molar-refractivity contribution < 1.29 is 29.0 Å². The molecule has 0 saturated carbocycles. The molecule has 0 heterocycles. The lowest BCUT2D eigenvalue weighted by atomic mass is 9.95. The molecule has 1 aromatic carbocycles. The minimum Gasteiger partial charge on any atom is -0.508 e. The maximum absolute atomic E-state index is 14.2. The Labute approximate surface area is 233 Å². The molecule has 4 amide bonds. The number of hydrogen-bond acceptors (Lipinski definition) is 6. The fourth-order valence-corrected chi connectivity index (χ4v) is 4.07. The number of phenolic OH excluding ortho intramolecular Hbond substituents is 1. The third-order valence-electron chi connectivity index (χ3n) is 5.85. The molecule has 39 heavy (non-hydrogen) atoms. The molecule has 220 valence electrons. The van der Waals surface area contributed by atoms with E-state index in [2.05, 4.69) is 24.5 Å². The van der Waals surface area contributed by atoms with Crippen LogP contribution in [-0.2, 0) is 19.1 Å². The number of aryl methyl sites for hydroxylation is 1. The Hall–Kier alpha value is -3.30. The maximum Gasteiger partial charge on any atom is 0.408 e. The summed E-state index contributed by atoms with van der Waals surface area (Å²) in [6.45, 7) is 18.2. The Balaban J connectivity index is 3.73.